The van der Waals surface area contributed by atoms with E-state index in [0.29, 0.717) is 0 Å². The van der Waals surface area contributed by atoms with Gasteiger partial charge in [-0.3, -0.25) is 0 Å². The number of rotatable bonds is 2. The Hall–Kier alpha value is -1.18. The first-order valence-corrected chi connectivity index (χ1v) is 3.69. The molecule has 0 saturated heterocycles. The molecule has 1 aromatic carbocycles. The molecule has 11 heavy (non-hydrogen) atoms. The molecule has 0 unspecified atom stereocenters. The highest BCUT2D eigenvalue weighted by Crippen LogP contribution is 2.19. The van der Waals surface area contributed by atoms with Crippen molar-refractivity contribution in [3.05, 3.63) is 23.8 Å². The van der Waals surface area contributed by atoms with Gasteiger partial charge in [0.1, 0.15) is 5.75 Å². The lowest BCUT2D eigenvalue weighted by Gasteiger charge is -2.06. The van der Waals surface area contributed by atoms with Gasteiger partial charge in [-0.15, -0.1) is 0 Å². The van der Waals surface area contributed by atoms with Crippen LogP contribution in [0.4, 0.5) is 5.69 Å². The molecule has 2 N–H and O–H groups in total. The number of nitrogens with one attached hydrogen (secondary N) is 1. The van der Waals surface area contributed by atoms with E-state index in [2.05, 4.69) is 11.4 Å². The maximum Gasteiger partial charge on any atom is 0.125 e. The van der Waals surface area contributed by atoms with Crippen molar-refractivity contribution in [2.75, 3.05) is 11.9 Å². The molecular formula is C9H12NO. The lowest BCUT2D eigenvalue weighted by Crippen LogP contribution is -1.97. The predicted molar refractivity (Wildman–Crippen MR) is 45.8 cm³/mol. The second-order valence-electron chi connectivity index (χ2n) is 2.45. The van der Waals surface area contributed by atoms with Crippen LogP contribution in [0.15, 0.2) is 12.1 Å². The summed E-state index contributed by atoms with van der Waals surface area (Å²) in [5, 5.41) is 12.2. The maximum atomic E-state index is 9.07. The highest BCUT2D eigenvalue weighted by atomic mass is 16.3. The average molecular weight is 150 g/mol. The van der Waals surface area contributed by atoms with Gasteiger partial charge in [0.05, 0.1) is 0 Å². The third kappa shape index (κ3) is 1.87. The van der Waals surface area contributed by atoms with E-state index in [1.807, 2.05) is 13.8 Å². The summed E-state index contributed by atoms with van der Waals surface area (Å²) in [7, 11) is 0. The molecule has 1 aromatic rings. The molecule has 0 aliphatic carbocycles. The van der Waals surface area contributed by atoms with Crippen LogP contribution in [-0.2, 0) is 0 Å². The second-order valence-corrected chi connectivity index (χ2v) is 2.45. The van der Waals surface area contributed by atoms with Crippen LogP contribution in [0, 0.1) is 13.0 Å². The summed E-state index contributed by atoms with van der Waals surface area (Å²) in [4.78, 5) is 0. The Labute approximate surface area is 66.9 Å². The van der Waals surface area contributed by atoms with Gasteiger partial charge in [-0.2, -0.15) is 0 Å². The molecule has 0 fully saturated rings. The van der Waals surface area contributed by atoms with E-state index in [-0.39, 0.29) is 5.75 Å². The van der Waals surface area contributed by atoms with E-state index in [0.717, 1.165) is 17.8 Å². The molecule has 0 aliphatic rings. The van der Waals surface area contributed by atoms with Crippen LogP contribution in [0.25, 0.3) is 0 Å². The SMILES string of the molecule is CCNc1cc(O)[c]cc1C. The molecule has 0 bridgehead atoms. The third-order valence-electron chi connectivity index (χ3n) is 1.51. The van der Waals surface area contributed by atoms with Crippen molar-refractivity contribution in [2.24, 2.45) is 0 Å². The minimum atomic E-state index is 0.187. The van der Waals surface area contributed by atoms with Crippen molar-refractivity contribution in [2.45, 2.75) is 13.8 Å². The fraction of sp³-hybridized carbons (Fsp3) is 0.333. The van der Waals surface area contributed by atoms with Gasteiger partial charge in [0.25, 0.3) is 0 Å². The number of anilines is 1. The quantitative estimate of drug-likeness (QED) is 0.675. The monoisotopic (exact) mass is 150 g/mol. The van der Waals surface area contributed by atoms with E-state index in [9.17, 15) is 0 Å². The molecule has 0 atom stereocenters. The summed E-state index contributed by atoms with van der Waals surface area (Å²) in [5.41, 5.74) is 2.08. The van der Waals surface area contributed by atoms with Crippen LogP contribution in [0.3, 0.4) is 0 Å². The number of hydrogen-bond donors (Lipinski definition) is 2. The van der Waals surface area contributed by atoms with Gasteiger partial charge in [-0.1, -0.05) is 0 Å². The minimum absolute atomic E-state index is 0.187. The number of aromatic hydroxyl groups is 1. The molecule has 0 amide bonds. The van der Waals surface area contributed by atoms with Gasteiger partial charge < -0.3 is 10.4 Å². The van der Waals surface area contributed by atoms with Crippen LogP contribution in [-0.4, -0.2) is 11.7 Å². The fourth-order valence-corrected chi connectivity index (χ4v) is 0.933. The van der Waals surface area contributed by atoms with E-state index >= 15 is 0 Å². The molecule has 2 nitrogen and oxygen atoms in total. The Bertz CT molecular complexity index is 245. The lowest BCUT2D eigenvalue weighted by atomic mass is 10.2. The van der Waals surface area contributed by atoms with Gasteiger partial charge in [0.15, 0.2) is 0 Å². The van der Waals surface area contributed by atoms with Crippen LogP contribution in [0.2, 0.25) is 0 Å². The van der Waals surface area contributed by atoms with E-state index < -0.39 is 0 Å². The largest absolute Gasteiger partial charge is 0.507 e. The highest BCUT2D eigenvalue weighted by Gasteiger charge is 1.96. The maximum absolute atomic E-state index is 9.07. The van der Waals surface area contributed by atoms with Gasteiger partial charge in [0, 0.05) is 24.4 Å². The van der Waals surface area contributed by atoms with Crippen molar-refractivity contribution in [1.82, 2.24) is 0 Å². The predicted octanol–water partition coefficient (Wildman–Crippen LogP) is 1.93. The Morgan fingerprint density at radius 2 is 2.36 bits per heavy atom. The van der Waals surface area contributed by atoms with Crippen LogP contribution < -0.4 is 5.32 Å². The summed E-state index contributed by atoms with van der Waals surface area (Å²) >= 11 is 0. The average Bonchev–Trinajstić information content (AvgIpc) is 1.98. The first-order valence-electron chi connectivity index (χ1n) is 3.69. The molecule has 59 valence electrons. The van der Waals surface area contributed by atoms with E-state index in [1.165, 1.54) is 0 Å². The van der Waals surface area contributed by atoms with Crippen LogP contribution in [0.5, 0.6) is 5.75 Å². The molecule has 2 heteroatoms. The number of phenols is 1. The second kappa shape index (κ2) is 3.28. The molecule has 0 aromatic heterocycles. The molecule has 0 spiro atoms. The summed E-state index contributed by atoms with van der Waals surface area (Å²) in [5.74, 6) is 0.187. The van der Waals surface area contributed by atoms with Crippen molar-refractivity contribution in [3.8, 4) is 5.75 Å². The smallest absolute Gasteiger partial charge is 0.125 e. The first-order chi connectivity index (χ1) is 5.24. The number of benzene rings is 1. The van der Waals surface area contributed by atoms with Gasteiger partial charge in [0.2, 0.25) is 0 Å². The Morgan fingerprint density at radius 3 is 3.00 bits per heavy atom. The van der Waals surface area contributed by atoms with Crippen molar-refractivity contribution >= 4 is 5.69 Å². The fourth-order valence-electron chi connectivity index (χ4n) is 0.933. The standard InChI is InChI=1S/C9H12NO/c1-3-10-9-6-8(11)5-4-7(9)2/h4,6,10-11H,3H2,1-2H3. The Balaban J connectivity index is 2.93. The lowest BCUT2D eigenvalue weighted by molar-refractivity contribution is 0.474. The zero-order valence-electron chi connectivity index (χ0n) is 6.81. The topological polar surface area (TPSA) is 32.3 Å². The molecule has 0 aliphatic heterocycles. The zero-order valence-corrected chi connectivity index (χ0v) is 6.81. The van der Waals surface area contributed by atoms with E-state index in [1.54, 1.807) is 12.1 Å². The van der Waals surface area contributed by atoms with Gasteiger partial charge in [-0.05, 0) is 25.5 Å². The van der Waals surface area contributed by atoms with Gasteiger partial charge >= 0.3 is 0 Å². The van der Waals surface area contributed by atoms with Crippen molar-refractivity contribution < 1.29 is 5.11 Å². The molecule has 1 rings (SSSR count). The summed E-state index contributed by atoms with van der Waals surface area (Å²) < 4.78 is 0. The van der Waals surface area contributed by atoms with Crippen LogP contribution >= 0.6 is 0 Å². The summed E-state index contributed by atoms with van der Waals surface area (Å²) in [6.45, 7) is 4.87. The van der Waals surface area contributed by atoms with Crippen molar-refractivity contribution in [1.29, 1.82) is 0 Å². The van der Waals surface area contributed by atoms with Crippen LogP contribution in [0.1, 0.15) is 12.5 Å². The molecule has 1 radical (unpaired) electrons. The summed E-state index contributed by atoms with van der Waals surface area (Å²) in [6.07, 6.45) is 0. The zero-order chi connectivity index (χ0) is 8.27. The van der Waals surface area contributed by atoms with E-state index in [4.69, 9.17) is 5.11 Å². The minimum Gasteiger partial charge on any atom is -0.507 e. The Morgan fingerprint density at radius 1 is 1.64 bits per heavy atom. The molecular weight excluding hydrogens is 138 g/mol. The summed E-state index contributed by atoms with van der Waals surface area (Å²) in [6, 6.07) is 6.16. The number of hydrogen-bond acceptors (Lipinski definition) is 2. The molecule has 0 saturated carbocycles. The first kappa shape index (κ1) is 7.92. The molecule has 0 heterocycles. The Kier molecular flexibility index (Phi) is 2.36. The number of phenolic OH excluding ortho intramolecular Hbond substituents is 1. The highest BCUT2D eigenvalue weighted by molar-refractivity contribution is 5.53. The van der Waals surface area contributed by atoms with Crippen molar-refractivity contribution in [3.63, 3.8) is 0 Å². The normalized spacial score (nSPS) is 9.64. The third-order valence-corrected chi connectivity index (χ3v) is 1.51. The number of aryl methyl sites for hydroxylation is 1. The van der Waals surface area contributed by atoms with Gasteiger partial charge in [-0.25, -0.2) is 0 Å².